The Kier molecular flexibility index (Phi) is 4.49. The number of aliphatic hydroxyl groups is 1. The highest BCUT2D eigenvalue weighted by Crippen LogP contribution is 2.21. The first kappa shape index (κ1) is 14.2. The van der Waals surface area contributed by atoms with Crippen molar-refractivity contribution in [3.63, 3.8) is 0 Å². The molecule has 1 aromatic heterocycles. The lowest BCUT2D eigenvalue weighted by Crippen LogP contribution is -2.21. The van der Waals surface area contributed by atoms with Crippen LogP contribution in [0.3, 0.4) is 0 Å². The molecule has 0 amide bonds. The summed E-state index contributed by atoms with van der Waals surface area (Å²) in [5, 5.41) is 23.7. The van der Waals surface area contributed by atoms with Crippen LogP contribution in [0.15, 0.2) is 41.0 Å². The molecule has 0 aliphatic rings. The first-order chi connectivity index (χ1) is 9.59. The second kappa shape index (κ2) is 6.31. The summed E-state index contributed by atoms with van der Waals surface area (Å²) in [7, 11) is 0. The number of nitro benzene ring substituents is 1. The highest BCUT2D eigenvalue weighted by atomic mass is 16.6. The fourth-order valence-corrected chi connectivity index (χ4v) is 1.98. The molecule has 2 rings (SSSR count). The molecule has 20 heavy (non-hydrogen) atoms. The maximum absolute atomic E-state index is 10.8. The molecule has 0 aliphatic carbocycles. The fourth-order valence-electron chi connectivity index (χ4n) is 1.98. The number of furan rings is 1. The lowest BCUT2D eigenvalue weighted by molar-refractivity contribution is -0.385. The van der Waals surface area contributed by atoms with Crippen molar-refractivity contribution in [3.05, 3.63) is 63.6 Å². The number of nitro groups is 1. The minimum Gasteiger partial charge on any atom is -0.467 e. The predicted octanol–water partition coefficient (Wildman–Crippen LogP) is 2.32. The van der Waals surface area contributed by atoms with Crippen LogP contribution < -0.4 is 5.32 Å². The molecule has 0 bridgehead atoms. The number of benzene rings is 1. The first-order valence-corrected chi connectivity index (χ1v) is 6.24. The van der Waals surface area contributed by atoms with Crippen molar-refractivity contribution >= 4 is 5.69 Å². The first-order valence-electron chi connectivity index (χ1n) is 6.24. The number of nitrogens with one attached hydrogen (secondary N) is 1. The Balaban J connectivity index is 1.95. The van der Waals surface area contributed by atoms with Gasteiger partial charge in [-0.1, -0.05) is 12.1 Å². The Hall–Kier alpha value is -2.18. The number of hydrogen-bond acceptors (Lipinski definition) is 5. The van der Waals surface area contributed by atoms with Crippen molar-refractivity contribution in [2.45, 2.75) is 19.6 Å². The second-order valence-corrected chi connectivity index (χ2v) is 4.48. The van der Waals surface area contributed by atoms with Gasteiger partial charge < -0.3 is 14.8 Å². The van der Waals surface area contributed by atoms with Gasteiger partial charge in [0.05, 0.1) is 11.2 Å². The maximum Gasteiger partial charge on any atom is 0.272 e. The van der Waals surface area contributed by atoms with E-state index in [-0.39, 0.29) is 5.69 Å². The van der Waals surface area contributed by atoms with E-state index in [2.05, 4.69) is 5.32 Å². The van der Waals surface area contributed by atoms with Gasteiger partial charge in [-0.2, -0.15) is 0 Å². The standard InChI is InChI=1S/C14H16N2O4/c1-10-11(4-2-5-12(10)16(18)19)8-15-9-13(17)14-6-3-7-20-14/h2-7,13,15,17H,8-9H2,1H3. The van der Waals surface area contributed by atoms with Gasteiger partial charge in [0.25, 0.3) is 5.69 Å². The Morgan fingerprint density at radius 3 is 2.85 bits per heavy atom. The van der Waals surface area contributed by atoms with Gasteiger partial charge >= 0.3 is 0 Å². The van der Waals surface area contributed by atoms with E-state index in [0.29, 0.717) is 24.4 Å². The molecule has 1 heterocycles. The van der Waals surface area contributed by atoms with Crippen molar-refractivity contribution in [3.8, 4) is 0 Å². The zero-order valence-corrected chi connectivity index (χ0v) is 11.1. The second-order valence-electron chi connectivity index (χ2n) is 4.48. The predicted molar refractivity (Wildman–Crippen MR) is 73.2 cm³/mol. The number of hydrogen-bond donors (Lipinski definition) is 2. The summed E-state index contributed by atoms with van der Waals surface area (Å²) in [6, 6.07) is 8.38. The molecular weight excluding hydrogens is 260 g/mol. The van der Waals surface area contributed by atoms with E-state index in [4.69, 9.17) is 4.42 Å². The summed E-state index contributed by atoms with van der Waals surface area (Å²) in [5.74, 6) is 0.494. The van der Waals surface area contributed by atoms with Gasteiger partial charge in [-0.3, -0.25) is 10.1 Å². The van der Waals surface area contributed by atoms with Gasteiger partial charge in [0, 0.05) is 24.7 Å². The minimum absolute atomic E-state index is 0.107. The van der Waals surface area contributed by atoms with Crippen LogP contribution >= 0.6 is 0 Å². The SMILES string of the molecule is Cc1c(CNCC(O)c2ccco2)cccc1[N+](=O)[O-]. The molecule has 106 valence electrons. The van der Waals surface area contributed by atoms with Crippen LogP contribution in [-0.4, -0.2) is 16.6 Å². The third-order valence-corrected chi connectivity index (χ3v) is 3.14. The smallest absolute Gasteiger partial charge is 0.272 e. The van der Waals surface area contributed by atoms with E-state index in [1.165, 1.54) is 12.3 Å². The lowest BCUT2D eigenvalue weighted by atomic mass is 10.1. The van der Waals surface area contributed by atoms with Crippen LogP contribution in [0.25, 0.3) is 0 Å². The quantitative estimate of drug-likeness (QED) is 0.624. The number of nitrogens with zero attached hydrogens (tertiary/aromatic N) is 1. The van der Waals surface area contributed by atoms with Gasteiger partial charge in [-0.25, -0.2) is 0 Å². The largest absolute Gasteiger partial charge is 0.467 e. The van der Waals surface area contributed by atoms with Crippen molar-refractivity contribution in [2.75, 3.05) is 6.54 Å². The van der Waals surface area contributed by atoms with E-state index in [1.54, 1.807) is 25.1 Å². The van der Waals surface area contributed by atoms with Crippen LogP contribution in [0.1, 0.15) is 23.0 Å². The molecular formula is C14H16N2O4. The van der Waals surface area contributed by atoms with Crippen LogP contribution in [-0.2, 0) is 6.54 Å². The molecule has 6 nitrogen and oxygen atoms in total. The van der Waals surface area contributed by atoms with Gasteiger partial charge in [0.2, 0.25) is 0 Å². The van der Waals surface area contributed by atoms with Gasteiger partial charge in [0.1, 0.15) is 11.9 Å². The summed E-state index contributed by atoms with van der Waals surface area (Å²) in [4.78, 5) is 10.5. The summed E-state index contributed by atoms with van der Waals surface area (Å²) < 4.78 is 5.09. The normalized spacial score (nSPS) is 12.3. The summed E-state index contributed by atoms with van der Waals surface area (Å²) in [5.41, 5.74) is 1.58. The zero-order chi connectivity index (χ0) is 14.5. The highest BCUT2D eigenvalue weighted by Gasteiger charge is 2.14. The van der Waals surface area contributed by atoms with E-state index in [1.807, 2.05) is 6.07 Å². The van der Waals surface area contributed by atoms with Crippen molar-refractivity contribution < 1.29 is 14.4 Å². The van der Waals surface area contributed by atoms with Crippen LogP contribution in [0.2, 0.25) is 0 Å². The molecule has 1 atom stereocenters. The Morgan fingerprint density at radius 2 is 2.20 bits per heavy atom. The van der Waals surface area contributed by atoms with E-state index in [9.17, 15) is 15.2 Å². The lowest BCUT2D eigenvalue weighted by Gasteiger charge is -2.11. The van der Waals surface area contributed by atoms with Crippen LogP contribution in [0.5, 0.6) is 0 Å². The number of aliphatic hydroxyl groups excluding tert-OH is 1. The number of rotatable bonds is 6. The molecule has 6 heteroatoms. The van der Waals surface area contributed by atoms with Crippen LogP contribution in [0, 0.1) is 17.0 Å². The molecule has 0 fully saturated rings. The molecule has 0 saturated carbocycles. The zero-order valence-electron chi connectivity index (χ0n) is 11.1. The fraction of sp³-hybridized carbons (Fsp3) is 0.286. The molecule has 1 unspecified atom stereocenters. The van der Waals surface area contributed by atoms with Crippen molar-refractivity contribution in [1.82, 2.24) is 5.32 Å². The third-order valence-electron chi connectivity index (χ3n) is 3.14. The van der Waals surface area contributed by atoms with E-state index >= 15 is 0 Å². The third kappa shape index (κ3) is 3.23. The highest BCUT2D eigenvalue weighted by molar-refractivity contribution is 5.44. The molecule has 0 radical (unpaired) electrons. The molecule has 0 spiro atoms. The van der Waals surface area contributed by atoms with Crippen molar-refractivity contribution in [2.24, 2.45) is 0 Å². The molecule has 1 aromatic carbocycles. The van der Waals surface area contributed by atoms with E-state index < -0.39 is 11.0 Å². The summed E-state index contributed by atoms with van der Waals surface area (Å²) in [6.07, 6.45) is 0.771. The van der Waals surface area contributed by atoms with Crippen LogP contribution in [0.4, 0.5) is 5.69 Å². The average Bonchev–Trinajstić information content (AvgIpc) is 2.94. The van der Waals surface area contributed by atoms with Crippen molar-refractivity contribution in [1.29, 1.82) is 0 Å². The summed E-state index contributed by atoms with van der Waals surface area (Å²) in [6.45, 7) is 2.49. The van der Waals surface area contributed by atoms with Gasteiger partial charge in [-0.15, -0.1) is 0 Å². The molecule has 2 N–H and O–H groups in total. The molecule has 2 aromatic rings. The summed E-state index contributed by atoms with van der Waals surface area (Å²) >= 11 is 0. The Labute approximate surface area is 116 Å². The maximum atomic E-state index is 10.8. The topological polar surface area (TPSA) is 88.5 Å². The average molecular weight is 276 g/mol. The molecule has 0 saturated heterocycles. The van der Waals surface area contributed by atoms with Gasteiger partial charge in [0.15, 0.2) is 0 Å². The Bertz CT molecular complexity index is 581. The minimum atomic E-state index is -0.732. The van der Waals surface area contributed by atoms with E-state index in [0.717, 1.165) is 5.56 Å². The monoisotopic (exact) mass is 276 g/mol. The molecule has 0 aliphatic heterocycles. The van der Waals surface area contributed by atoms with Gasteiger partial charge in [-0.05, 0) is 24.6 Å². The Morgan fingerprint density at radius 1 is 1.40 bits per heavy atom.